The van der Waals surface area contributed by atoms with Gasteiger partial charge in [-0.2, -0.15) is 0 Å². The molecular formula is C11H17N3. The summed E-state index contributed by atoms with van der Waals surface area (Å²) < 4.78 is 0. The van der Waals surface area contributed by atoms with Gasteiger partial charge in [-0.1, -0.05) is 12.5 Å². The van der Waals surface area contributed by atoms with Gasteiger partial charge in [0.25, 0.3) is 0 Å². The minimum Gasteiger partial charge on any atom is -0.260 e. The van der Waals surface area contributed by atoms with Gasteiger partial charge in [0.1, 0.15) is 0 Å². The Hall–Kier alpha value is -0.930. The molecule has 0 bridgehead atoms. The molecule has 0 saturated carbocycles. The fraction of sp³-hybridized carbons (Fsp3) is 0.545. The van der Waals surface area contributed by atoms with E-state index in [9.17, 15) is 0 Å². The van der Waals surface area contributed by atoms with Crippen LogP contribution < -0.4 is 5.43 Å². The lowest BCUT2D eigenvalue weighted by molar-refractivity contribution is 0.190. The highest BCUT2D eigenvalue weighted by Gasteiger charge is 2.08. The fourth-order valence-electron chi connectivity index (χ4n) is 1.74. The Morgan fingerprint density at radius 2 is 2.29 bits per heavy atom. The Morgan fingerprint density at radius 3 is 3.14 bits per heavy atom. The second-order valence-electron chi connectivity index (χ2n) is 3.71. The van der Waals surface area contributed by atoms with Gasteiger partial charge in [-0.3, -0.25) is 10.4 Å². The first-order valence-electron chi connectivity index (χ1n) is 5.33. The largest absolute Gasteiger partial charge is 0.260 e. The molecule has 0 radical (unpaired) electrons. The first-order chi connectivity index (χ1) is 6.95. The lowest BCUT2D eigenvalue weighted by Crippen LogP contribution is -2.37. The van der Waals surface area contributed by atoms with Gasteiger partial charge in [0.15, 0.2) is 0 Å². The molecule has 76 valence electrons. The maximum atomic E-state index is 4.32. The van der Waals surface area contributed by atoms with Gasteiger partial charge in [-0.25, -0.2) is 5.01 Å². The van der Waals surface area contributed by atoms with Crippen LogP contribution in [-0.4, -0.2) is 23.1 Å². The first kappa shape index (κ1) is 9.62. The second kappa shape index (κ2) is 5.08. The van der Waals surface area contributed by atoms with Crippen molar-refractivity contribution in [1.82, 2.24) is 15.4 Å². The van der Waals surface area contributed by atoms with Crippen LogP contribution in [0.4, 0.5) is 0 Å². The smallest absolute Gasteiger partial charge is 0.0558 e. The summed E-state index contributed by atoms with van der Waals surface area (Å²) >= 11 is 0. The molecule has 3 heteroatoms. The van der Waals surface area contributed by atoms with Gasteiger partial charge in [-0.05, 0) is 25.0 Å². The van der Waals surface area contributed by atoms with Crippen LogP contribution in [0, 0.1) is 0 Å². The van der Waals surface area contributed by atoms with Crippen molar-refractivity contribution in [2.75, 3.05) is 13.1 Å². The summed E-state index contributed by atoms with van der Waals surface area (Å²) in [5, 5.41) is 2.27. The van der Waals surface area contributed by atoms with E-state index in [1.165, 1.54) is 19.3 Å². The van der Waals surface area contributed by atoms with Crippen molar-refractivity contribution in [3.63, 3.8) is 0 Å². The monoisotopic (exact) mass is 191 g/mol. The normalized spacial score (nSPS) is 19.1. The Bertz CT molecular complexity index is 252. The number of rotatable bonds is 2. The predicted octanol–water partition coefficient (Wildman–Crippen LogP) is 1.57. The average Bonchev–Trinajstić information content (AvgIpc) is 2.48. The standard InChI is InChI=1S/C11H17N3/c1-3-8-13-14(9-5-1)10-11-6-2-4-7-12-11/h2,4,6-7,13H,1,3,5,8-10H2. The molecule has 1 aliphatic heterocycles. The zero-order chi connectivity index (χ0) is 9.64. The fourth-order valence-corrected chi connectivity index (χ4v) is 1.74. The van der Waals surface area contributed by atoms with Crippen LogP contribution in [0.5, 0.6) is 0 Å². The van der Waals surface area contributed by atoms with E-state index in [0.29, 0.717) is 0 Å². The first-order valence-corrected chi connectivity index (χ1v) is 5.33. The van der Waals surface area contributed by atoms with Crippen molar-refractivity contribution in [2.45, 2.75) is 25.8 Å². The third-order valence-corrected chi connectivity index (χ3v) is 2.52. The molecule has 1 aliphatic rings. The molecule has 0 aromatic carbocycles. The molecule has 1 aromatic rings. The van der Waals surface area contributed by atoms with Gasteiger partial charge in [0.05, 0.1) is 12.2 Å². The highest BCUT2D eigenvalue weighted by atomic mass is 15.5. The predicted molar refractivity (Wildman–Crippen MR) is 56.5 cm³/mol. The van der Waals surface area contributed by atoms with Crippen molar-refractivity contribution in [1.29, 1.82) is 0 Å². The lowest BCUT2D eigenvalue weighted by atomic mass is 10.2. The van der Waals surface area contributed by atoms with Crippen LogP contribution in [0.25, 0.3) is 0 Å². The van der Waals surface area contributed by atoms with Gasteiger partial charge in [-0.15, -0.1) is 0 Å². The van der Waals surface area contributed by atoms with E-state index in [1.54, 1.807) is 0 Å². The maximum absolute atomic E-state index is 4.32. The molecule has 1 N–H and O–H groups in total. The summed E-state index contributed by atoms with van der Waals surface area (Å²) in [5.41, 5.74) is 4.56. The molecule has 14 heavy (non-hydrogen) atoms. The number of nitrogens with zero attached hydrogens (tertiary/aromatic N) is 2. The molecule has 0 unspecified atom stereocenters. The number of hydrogen-bond donors (Lipinski definition) is 1. The Morgan fingerprint density at radius 1 is 1.29 bits per heavy atom. The van der Waals surface area contributed by atoms with Gasteiger partial charge in [0, 0.05) is 19.3 Å². The van der Waals surface area contributed by atoms with E-state index in [0.717, 1.165) is 25.3 Å². The summed E-state index contributed by atoms with van der Waals surface area (Å²) in [5.74, 6) is 0. The highest BCUT2D eigenvalue weighted by molar-refractivity contribution is 5.02. The van der Waals surface area contributed by atoms with Crippen LogP contribution in [0.15, 0.2) is 24.4 Å². The molecule has 3 nitrogen and oxygen atoms in total. The zero-order valence-corrected chi connectivity index (χ0v) is 8.45. The van der Waals surface area contributed by atoms with Crippen molar-refractivity contribution in [3.8, 4) is 0 Å². The molecule has 0 amide bonds. The van der Waals surface area contributed by atoms with E-state index in [2.05, 4.69) is 21.5 Å². The Kier molecular flexibility index (Phi) is 3.49. The molecule has 0 spiro atoms. The minimum absolute atomic E-state index is 0.918. The van der Waals surface area contributed by atoms with E-state index in [4.69, 9.17) is 0 Å². The molecule has 2 heterocycles. The van der Waals surface area contributed by atoms with Crippen LogP contribution in [-0.2, 0) is 6.54 Å². The summed E-state index contributed by atoms with van der Waals surface area (Å²) in [6.45, 7) is 3.16. The molecule has 1 fully saturated rings. The third-order valence-electron chi connectivity index (χ3n) is 2.52. The second-order valence-corrected chi connectivity index (χ2v) is 3.71. The van der Waals surface area contributed by atoms with Gasteiger partial charge < -0.3 is 0 Å². The van der Waals surface area contributed by atoms with Crippen molar-refractivity contribution in [2.24, 2.45) is 0 Å². The minimum atomic E-state index is 0.918. The summed E-state index contributed by atoms with van der Waals surface area (Å²) in [7, 11) is 0. The topological polar surface area (TPSA) is 28.2 Å². The number of nitrogens with one attached hydrogen (secondary N) is 1. The molecule has 2 rings (SSSR count). The van der Waals surface area contributed by atoms with E-state index in [1.807, 2.05) is 18.3 Å². The van der Waals surface area contributed by atoms with Gasteiger partial charge in [0.2, 0.25) is 0 Å². The number of hydrogen-bond acceptors (Lipinski definition) is 3. The molecule has 0 atom stereocenters. The van der Waals surface area contributed by atoms with Crippen LogP contribution in [0.3, 0.4) is 0 Å². The highest BCUT2D eigenvalue weighted by Crippen LogP contribution is 2.05. The van der Waals surface area contributed by atoms with Crippen LogP contribution >= 0.6 is 0 Å². The molecule has 1 saturated heterocycles. The van der Waals surface area contributed by atoms with Crippen molar-refractivity contribution < 1.29 is 0 Å². The molecule has 0 aliphatic carbocycles. The van der Waals surface area contributed by atoms with Crippen molar-refractivity contribution in [3.05, 3.63) is 30.1 Å². The number of pyridine rings is 1. The summed E-state index contributed by atoms with van der Waals surface area (Å²) in [4.78, 5) is 4.32. The molecule has 1 aromatic heterocycles. The quantitative estimate of drug-likeness (QED) is 0.769. The number of hydrazine groups is 1. The van der Waals surface area contributed by atoms with E-state index >= 15 is 0 Å². The van der Waals surface area contributed by atoms with Crippen LogP contribution in [0.2, 0.25) is 0 Å². The zero-order valence-electron chi connectivity index (χ0n) is 8.45. The van der Waals surface area contributed by atoms with Crippen LogP contribution in [0.1, 0.15) is 25.0 Å². The maximum Gasteiger partial charge on any atom is 0.0558 e. The Balaban J connectivity index is 1.90. The summed E-state index contributed by atoms with van der Waals surface area (Å²) in [6, 6.07) is 6.08. The molecular weight excluding hydrogens is 174 g/mol. The SMILES string of the molecule is c1ccc(CN2CCCCCN2)nc1. The number of aromatic nitrogens is 1. The van der Waals surface area contributed by atoms with E-state index < -0.39 is 0 Å². The van der Waals surface area contributed by atoms with Gasteiger partial charge >= 0.3 is 0 Å². The average molecular weight is 191 g/mol. The lowest BCUT2D eigenvalue weighted by Gasteiger charge is -2.19. The van der Waals surface area contributed by atoms with Crippen molar-refractivity contribution >= 4 is 0 Å². The van der Waals surface area contributed by atoms with E-state index in [-0.39, 0.29) is 0 Å². The summed E-state index contributed by atoms with van der Waals surface area (Å²) in [6.07, 6.45) is 5.78. The third kappa shape index (κ3) is 2.79. The Labute approximate surface area is 85.1 Å².